The van der Waals surface area contributed by atoms with E-state index in [1.807, 2.05) is 4.90 Å². The van der Waals surface area contributed by atoms with Crippen molar-refractivity contribution in [3.05, 3.63) is 35.4 Å². The van der Waals surface area contributed by atoms with Gasteiger partial charge in [0.1, 0.15) is 0 Å². The molecule has 3 fully saturated rings. The summed E-state index contributed by atoms with van der Waals surface area (Å²) in [6.07, 6.45) is 4.25. The molecule has 0 saturated carbocycles. The number of carbonyl (C=O) groups excluding carboxylic acids is 2. The van der Waals surface area contributed by atoms with E-state index in [9.17, 15) is 9.59 Å². The van der Waals surface area contributed by atoms with Crippen molar-refractivity contribution < 1.29 is 9.59 Å². The number of hydrogen-bond donors (Lipinski definition) is 1. The zero-order valence-corrected chi connectivity index (χ0v) is 17.5. The maximum atomic E-state index is 13.2. The Morgan fingerprint density at radius 1 is 1.18 bits per heavy atom. The van der Waals surface area contributed by atoms with Crippen molar-refractivity contribution in [1.29, 1.82) is 0 Å². The van der Waals surface area contributed by atoms with Crippen LogP contribution in [0.25, 0.3) is 0 Å². The standard InChI is InChI=1S/C22H31N3O2.ClH/c1-16-7-4-5-8-18(16)22-19-14-23-13-17(19)15-25(22)21(27)10-12-24-11-6-2-3-9-20(24)26;/h4-5,7-8,17,19,22-23H,2-3,6,9-15H2,1H3;1H/t17-,19-,22+;/m0./s1. The van der Waals surface area contributed by atoms with Crippen LogP contribution in [0.15, 0.2) is 24.3 Å². The first-order chi connectivity index (χ1) is 13.1. The number of nitrogens with one attached hydrogen (secondary N) is 1. The lowest BCUT2D eigenvalue weighted by Crippen LogP contribution is -2.38. The molecule has 3 saturated heterocycles. The van der Waals surface area contributed by atoms with Crippen LogP contribution in [-0.4, -0.2) is 54.3 Å². The smallest absolute Gasteiger partial charge is 0.224 e. The van der Waals surface area contributed by atoms with Crippen molar-refractivity contribution in [3.8, 4) is 0 Å². The minimum absolute atomic E-state index is 0. The van der Waals surface area contributed by atoms with Gasteiger partial charge in [-0.2, -0.15) is 0 Å². The Hall–Kier alpha value is -1.59. The van der Waals surface area contributed by atoms with Gasteiger partial charge < -0.3 is 15.1 Å². The van der Waals surface area contributed by atoms with Gasteiger partial charge in [-0.1, -0.05) is 30.7 Å². The molecule has 5 nitrogen and oxygen atoms in total. The van der Waals surface area contributed by atoms with Gasteiger partial charge in [-0.05, 0) is 36.8 Å². The molecule has 0 bridgehead atoms. The summed E-state index contributed by atoms with van der Waals surface area (Å²) >= 11 is 0. The highest BCUT2D eigenvalue weighted by Crippen LogP contribution is 2.43. The molecule has 1 aromatic carbocycles. The summed E-state index contributed by atoms with van der Waals surface area (Å²) in [6, 6.07) is 8.63. The molecule has 3 aliphatic heterocycles. The SMILES string of the molecule is Cc1ccccc1[C@@H]1[C@H]2CNC[C@H]2CN1C(=O)CCN1CCCCCC1=O.Cl. The topological polar surface area (TPSA) is 52.7 Å². The second-order valence-electron chi connectivity index (χ2n) is 8.37. The molecule has 3 heterocycles. The van der Waals surface area contributed by atoms with Crippen molar-refractivity contribution in [2.45, 2.75) is 45.1 Å². The molecule has 3 atom stereocenters. The Morgan fingerprint density at radius 3 is 2.82 bits per heavy atom. The van der Waals surface area contributed by atoms with Gasteiger partial charge in [0.25, 0.3) is 0 Å². The minimum atomic E-state index is 0. The maximum absolute atomic E-state index is 13.2. The molecule has 1 N–H and O–H groups in total. The van der Waals surface area contributed by atoms with Crippen molar-refractivity contribution in [2.75, 3.05) is 32.7 Å². The molecule has 3 aliphatic rings. The van der Waals surface area contributed by atoms with Gasteiger partial charge in [-0.25, -0.2) is 0 Å². The van der Waals surface area contributed by atoms with Gasteiger partial charge in [0, 0.05) is 51.5 Å². The normalized spacial score (nSPS) is 27.3. The van der Waals surface area contributed by atoms with E-state index in [0.29, 0.717) is 31.2 Å². The van der Waals surface area contributed by atoms with Gasteiger partial charge in [0.05, 0.1) is 6.04 Å². The lowest BCUT2D eigenvalue weighted by molar-refractivity contribution is -0.135. The fourth-order valence-electron chi connectivity index (χ4n) is 5.14. The first-order valence-corrected chi connectivity index (χ1v) is 10.5. The number of aryl methyl sites for hydroxylation is 1. The fourth-order valence-corrected chi connectivity index (χ4v) is 5.14. The van der Waals surface area contributed by atoms with E-state index >= 15 is 0 Å². The predicted octanol–water partition coefficient (Wildman–Crippen LogP) is 2.93. The Kier molecular flexibility index (Phi) is 7.00. The van der Waals surface area contributed by atoms with Crippen molar-refractivity contribution in [1.82, 2.24) is 15.1 Å². The van der Waals surface area contributed by atoms with Crippen molar-refractivity contribution in [2.24, 2.45) is 11.8 Å². The number of benzene rings is 1. The van der Waals surface area contributed by atoms with Gasteiger partial charge in [-0.3, -0.25) is 9.59 Å². The Balaban J connectivity index is 0.00000225. The first kappa shape index (κ1) is 21.1. The lowest BCUT2D eigenvalue weighted by atomic mass is 9.87. The number of fused-ring (bicyclic) bond motifs is 1. The van der Waals surface area contributed by atoms with Crippen LogP contribution in [-0.2, 0) is 9.59 Å². The highest BCUT2D eigenvalue weighted by molar-refractivity contribution is 5.85. The third-order valence-electron chi connectivity index (χ3n) is 6.66. The summed E-state index contributed by atoms with van der Waals surface area (Å²) in [5.74, 6) is 1.46. The zero-order valence-electron chi connectivity index (χ0n) is 16.7. The van der Waals surface area contributed by atoms with Crippen LogP contribution in [0.2, 0.25) is 0 Å². The number of hydrogen-bond acceptors (Lipinski definition) is 3. The number of nitrogens with zero attached hydrogens (tertiary/aromatic N) is 2. The molecule has 0 aliphatic carbocycles. The number of amides is 2. The molecule has 154 valence electrons. The Morgan fingerprint density at radius 2 is 2.00 bits per heavy atom. The van der Waals surface area contributed by atoms with Crippen LogP contribution in [0, 0.1) is 18.8 Å². The summed E-state index contributed by atoms with van der Waals surface area (Å²) in [5, 5.41) is 3.51. The molecule has 0 unspecified atom stereocenters. The van der Waals surface area contributed by atoms with Crippen molar-refractivity contribution in [3.63, 3.8) is 0 Å². The highest BCUT2D eigenvalue weighted by Gasteiger charge is 2.46. The van der Waals surface area contributed by atoms with Crippen LogP contribution >= 0.6 is 12.4 Å². The summed E-state index contributed by atoms with van der Waals surface area (Å²) in [6.45, 7) is 6.34. The lowest BCUT2D eigenvalue weighted by Gasteiger charge is -2.30. The minimum Gasteiger partial charge on any atom is -0.342 e. The summed E-state index contributed by atoms with van der Waals surface area (Å²) < 4.78 is 0. The number of likely N-dealkylation sites (tertiary alicyclic amines) is 2. The van der Waals surface area contributed by atoms with E-state index in [1.54, 1.807) is 0 Å². The Labute approximate surface area is 174 Å². The van der Waals surface area contributed by atoms with Crippen LogP contribution in [0.5, 0.6) is 0 Å². The van der Waals surface area contributed by atoms with E-state index in [-0.39, 0.29) is 30.3 Å². The average Bonchev–Trinajstić information content (AvgIpc) is 3.19. The molecule has 2 amide bonds. The van der Waals surface area contributed by atoms with Crippen LogP contribution in [0.4, 0.5) is 0 Å². The van der Waals surface area contributed by atoms with Gasteiger partial charge in [0.15, 0.2) is 0 Å². The summed E-state index contributed by atoms with van der Waals surface area (Å²) in [7, 11) is 0. The number of halogens is 1. The van der Waals surface area contributed by atoms with Crippen LogP contribution in [0.1, 0.15) is 49.3 Å². The molecular formula is C22H32ClN3O2. The van der Waals surface area contributed by atoms with Gasteiger partial charge in [0.2, 0.25) is 11.8 Å². The Bertz CT molecular complexity index is 711. The molecule has 1 aromatic rings. The third kappa shape index (κ3) is 4.20. The summed E-state index contributed by atoms with van der Waals surface area (Å²) in [4.78, 5) is 29.4. The van der Waals surface area contributed by atoms with Gasteiger partial charge in [-0.15, -0.1) is 12.4 Å². The fraction of sp³-hybridized carbons (Fsp3) is 0.636. The molecule has 6 heteroatoms. The predicted molar refractivity (Wildman–Crippen MR) is 112 cm³/mol. The number of rotatable bonds is 4. The quantitative estimate of drug-likeness (QED) is 0.837. The number of carbonyl (C=O) groups is 2. The second kappa shape index (κ2) is 9.27. The monoisotopic (exact) mass is 405 g/mol. The van der Waals surface area contributed by atoms with Crippen LogP contribution < -0.4 is 5.32 Å². The second-order valence-corrected chi connectivity index (χ2v) is 8.37. The van der Waals surface area contributed by atoms with E-state index in [1.165, 1.54) is 11.1 Å². The van der Waals surface area contributed by atoms with E-state index < -0.39 is 0 Å². The molecular weight excluding hydrogens is 374 g/mol. The van der Waals surface area contributed by atoms with E-state index in [0.717, 1.165) is 45.4 Å². The maximum Gasteiger partial charge on any atom is 0.224 e. The molecule has 4 rings (SSSR count). The highest BCUT2D eigenvalue weighted by atomic mass is 35.5. The average molecular weight is 406 g/mol. The molecule has 0 aromatic heterocycles. The van der Waals surface area contributed by atoms with Crippen LogP contribution in [0.3, 0.4) is 0 Å². The molecule has 0 spiro atoms. The first-order valence-electron chi connectivity index (χ1n) is 10.5. The summed E-state index contributed by atoms with van der Waals surface area (Å²) in [5.41, 5.74) is 2.54. The largest absolute Gasteiger partial charge is 0.342 e. The third-order valence-corrected chi connectivity index (χ3v) is 6.66. The van der Waals surface area contributed by atoms with E-state index in [2.05, 4.69) is 41.4 Å². The molecule has 28 heavy (non-hydrogen) atoms. The zero-order chi connectivity index (χ0) is 18.8. The van der Waals surface area contributed by atoms with Gasteiger partial charge >= 0.3 is 0 Å². The van der Waals surface area contributed by atoms with Crippen molar-refractivity contribution >= 4 is 24.2 Å². The molecule has 0 radical (unpaired) electrons. The van der Waals surface area contributed by atoms with E-state index in [4.69, 9.17) is 0 Å².